The average molecular weight is 503 g/mol. The van der Waals surface area contributed by atoms with Crippen LogP contribution in [0.15, 0.2) is 48.5 Å². The molecule has 1 saturated carbocycles. The molecular formula is C30H34N2O5. The SMILES string of the molecule is Cc1ccc2c(c1)C(c1ccccc1)([C@@H]1CC(=O)N(C3CCCCC3)C1=O)C(=O)N2C(=O)OC(C)(C)C. The van der Waals surface area contributed by atoms with Crippen LogP contribution in [0.1, 0.15) is 76.0 Å². The average Bonchev–Trinajstić information content (AvgIpc) is 3.28. The summed E-state index contributed by atoms with van der Waals surface area (Å²) in [7, 11) is 0. The molecule has 7 nitrogen and oxygen atoms in total. The van der Waals surface area contributed by atoms with Gasteiger partial charge in [-0.15, -0.1) is 0 Å². The summed E-state index contributed by atoms with van der Waals surface area (Å²) in [6, 6.07) is 14.4. The first-order valence-electron chi connectivity index (χ1n) is 13.2. The van der Waals surface area contributed by atoms with Gasteiger partial charge in [0, 0.05) is 12.5 Å². The van der Waals surface area contributed by atoms with Gasteiger partial charge in [0.15, 0.2) is 0 Å². The number of hydrogen-bond acceptors (Lipinski definition) is 5. The summed E-state index contributed by atoms with van der Waals surface area (Å²) in [5.41, 5.74) is 0.0944. The second kappa shape index (κ2) is 9.12. The summed E-state index contributed by atoms with van der Waals surface area (Å²) < 4.78 is 5.64. The fraction of sp³-hybridized carbons (Fsp3) is 0.467. The van der Waals surface area contributed by atoms with E-state index in [0.717, 1.165) is 42.6 Å². The molecule has 2 aromatic carbocycles. The normalized spacial score (nSPS) is 24.5. The minimum Gasteiger partial charge on any atom is -0.443 e. The quantitative estimate of drug-likeness (QED) is 0.534. The van der Waals surface area contributed by atoms with Gasteiger partial charge in [0.1, 0.15) is 11.0 Å². The lowest BCUT2D eigenvalue weighted by atomic mass is 9.65. The van der Waals surface area contributed by atoms with Crippen molar-refractivity contribution in [2.24, 2.45) is 5.92 Å². The molecule has 2 heterocycles. The Morgan fingerprint density at radius 2 is 1.65 bits per heavy atom. The third-order valence-electron chi connectivity index (χ3n) is 7.81. The molecule has 37 heavy (non-hydrogen) atoms. The van der Waals surface area contributed by atoms with Crippen LogP contribution >= 0.6 is 0 Å². The highest BCUT2D eigenvalue weighted by Crippen LogP contribution is 2.54. The van der Waals surface area contributed by atoms with E-state index < -0.39 is 28.9 Å². The summed E-state index contributed by atoms with van der Waals surface area (Å²) >= 11 is 0. The molecule has 1 saturated heterocycles. The highest BCUT2D eigenvalue weighted by Gasteiger charge is 2.64. The lowest BCUT2D eigenvalue weighted by Crippen LogP contribution is -2.52. The van der Waals surface area contributed by atoms with Crippen LogP contribution in [0.25, 0.3) is 0 Å². The van der Waals surface area contributed by atoms with E-state index in [2.05, 4.69) is 0 Å². The topological polar surface area (TPSA) is 84.0 Å². The fourth-order valence-corrected chi connectivity index (χ4v) is 6.28. The number of carbonyl (C=O) groups is 4. The van der Waals surface area contributed by atoms with E-state index in [9.17, 15) is 19.2 Å². The first-order valence-corrected chi connectivity index (χ1v) is 13.2. The molecule has 0 spiro atoms. The van der Waals surface area contributed by atoms with Crippen molar-refractivity contribution in [1.82, 2.24) is 4.90 Å². The number of ether oxygens (including phenoxy) is 1. The van der Waals surface area contributed by atoms with E-state index in [1.54, 1.807) is 26.8 Å². The molecule has 1 aliphatic carbocycles. The van der Waals surface area contributed by atoms with Crippen LogP contribution in [0, 0.1) is 12.8 Å². The third kappa shape index (κ3) is 4.05. The van der Waals surface area contributed by atoms with Crippen LogP contribution < -0.4 is 4.90 Å². The van der Waals surface area contributed by atoms with Crippen molar-refractivity contribution in [3.8, 4) is 0 Å². The fourth-order valence-electron chi connectivity index (χ4n) is 6.28. The molecule has 0 aromatic heterocycles. The highest BCUT2D eigenvalue weighted by molar-refractivity contribution is 6.25. The van der Waals surface area contributed by atoms with E-state index in [0.29, 0.717) is 16.8 Å². The Bertz CT molecular complexity index is 1260. The molecule has 0 N–H and O–H groups in total. The number of amides is 4. The molecule has 3 aliphatic rings. The smallest absolute Gasteiger partial charge is 0.421 e. The van der Waals surface area contributed by atoms with Gasteiger partial charge in [0.2, 0.25) is 11.8 Å². The van der Waals surface area contributed by atoms with Crippen LogP contribution in [0.3, 0.4) is 0 Å². The summed E-state index contributed by atoms with van der Waals surface area (Å²) in [6.07, 6.45) is 3.76. The number of aryl methyl sites for hydroxylation is 1. The number of benzene rings is 2. The molecular weight excluding hydrogens is 468 g/mol. The first-order chi connectivity index (χ1) is 17.6. The predicted molar refractivity (Wildman–Crippen MR) is 139 cm³/mol. The summed E-state index contributed by atoms with van der Waals surface area (Å²) in [5.74, 6) is -2.07. The van der Waals surface area contributed by atoms with Crippen LogP contribution in [-0.2, 0) is 24.5 Å². The number of carbonyl (C=O) groups excluding carboxylic acids is 4. The molecule has 2 aromatic rings. The van der Waals surface area contributed by atoms with E-state index in [1.165, 1.54) is 4.90 Å². The first kappa shape index (κ1) is 25.2. The molecule has 2 fully saturated rings. The van der Waals surface area contributed by atoms with Gasteiger partial charge in [-0.1, -0.05) is 67.3 Å². The van der Waals surface area contributed by atoms with Crippen molar-refractivity contribution < 1.29 is 23.9 Å². The van der Waals surface area contributed by atoms with E-state index in [1.807, 2.05) is 49.4 Å². The Balaban J connectivity index is 1.70. The number of nitrogens with zero attached hydrogens (tertiary/aromatic N) is 2. The summed E-state index contributed by atoms with van der Waals surface area (Å²) in [5, 5.41) is 0. The standard InChI is InChI=1S/C30H34N2O5/c1-19-15-16-24-22(17-19)30(20-11-7-5-8-12-20,27(35)32(24)28(36)37-29(2,3)4)23-18-25(33)31(26(23)34)21-13-9-6-10-14-21/h5,7-8,11-12,15-17,21,23H,6,9-10,13-14,18H2,1-4H3/t23-,30?/m1/s1. The molecule has 7 heteroatoms. The van der Waals surface area contributed by atoms with E-state index in [4.69, 9.17) is 4.74 Å². The number of anilines is 1. The maximum Gasteiger partial charge on any atom is 0.421 e. The zero-order valence-electron chi connectivity index (χ0n) is 22.0. The number of likely N-dealkylation sites (tertiary alicyclic amines) is 1. The Morgan fingerprint density at radius 3 is 2.30 bits per heavy atom. The molecule has 5 rings (SSSR count). The summed E-state index contributed by atoms with van der Waals surface area (Å²) in [4.78, 5) is 58.1. The Morgan fingerprint density at radius 1 is 0.973 bits per heavy atom. The Hall–Kier alpha value is -3.48. The second-order valence-electron chi connectivity index (χ2n) is 11.5. The Labute approximate surface area is 217 Å². The van der Waals surface area contributed by atoms with Crippen molar-refractivity contribution in [2.45, 2.75) is 83.3 Å². The van der Waals surface area contributed by atoms with Crippen LogP contribution in [-0.4, -0.2) is 40.4 Å². The van der Waals surface area contributed by atoms with Crippen molar-refractivity contribution in [1.29, 1.82) is 0 Å². The molecule has 1 unspecified atom stereocenters. The van der Waals surface area contributed by atoms with Gasteiger partial charge in [-0.2, -0.15) is 0 Å². The van der Waals surface area contributed by atoms with Crippen molar-refractivity contribution in [2.75, 3.05) is 4.90 Å². The van der Waals surface area contributed by atoms with Crippen molar-refractivity contribution in [3.05, 3.63) is 65.2 Å². The second-order valence-corrected chi connectivity index (χ2v) is 11.5. The molecule has 2 aliphatic heterocycles. The van der Waals surface area contributed by atoms with Gasteiger partial charge in [0.25, 0.3) is 5.91 Å². The van der Waals surface area contributed by atoms with Crippen LogP contribution in [0.5, 0.6) is 0 Å². The lowest BCUT2D eigenvalue weighted by Gasteiger charge is -2.35. The van der Waals surface area contributed by atoms with Crippen LogP contribution in [0.4, 0.5) is 10.5 Å². The number of imide groups is 2. The van der Waals surface area contributed by atoms with Crippen molar-refractivity contribution in [3.63, 3.8) is 0 Å². The molecule has 2 atom stereocenters. The Kier molecular flexibility index (Phi) is 6.21. The zero-order chi connectivity index (χ0) is 26.5. The van der Waals surface area contributed by atoms with Gasteiger partial charge < -0.3 is 4.74 Å². The number of rotatable bonds is 3. The van der Waals surface area contributed by atoms with Gasteiger partial charge in [-0.05, 0) is 57.7 Å². The largest absolute Gasteiger partial charge is 0.443 e. The van der Waals surface area contributed by atoms with Gasteiger partial charge in [-0.25, -0.2) is 9.69 Å². The lowest BCUT2D eigenvalue weighted by molar-refractivity contribution is -0.144. The summed E-state index contributed by atoms with van der Waals surface area (Å²) in [6.45, 7) is 7.14. The maximum atomic E-state index is 14.6. The maximum absolute atomic E-state index is 14.6. The molecule has 194 valence electrons. The van der Waals surface area contributed by atoms with E-state index in [-0.39, 0.29) is 24.3 Å². The monoisotopic (exact) mass is 502 g/mol. The highest BCUT2D eigenvalue weighted by atomic mass is 16.6. The van der Waals surface area contributed by atoms with Gasteiger partial charge >= 0.3 is 6.09 Å². The molecule has 4 amide bonds. The molecule has 0 bridgehead atoms. The minimum absolute atomic E-state index is 0.0779. The van der Waals surface area contributed by atoms with Crippen LogP contribution in [0.2, 0.25) is 0 Å². The minimum atomic E-state index is -1.52. The molecule has 0 radical (unpaired) electrons. The van der Waals surface area contributed by atoms with Gasteiger partial charge in [0.05, 0.1) is 11.6 Å². The van der Waals surface area contributed by atoms with Crippen molar-refractivity contribution >= 4 is 29.5 Å². The van der Waals surface area contributed by atoms with E-state index >= 15 is 0 Å². The third-order valence-corrected chi connectivity index (χ3v) is 7.81. The predicted octanol–water partition coefficient (Wildman–Crippen LogP) is 5.27. The zero-order valence-corrected chi connectivity index (χ0v) is 22.0. The van der Waals surface area contributed by atoms with Gasteiger partial charge in [-0.3, -0.25) is 19.3 Å². The number of hydrogen-bond donors (Lipinski definition) is 0. The number of fused-ring (bicyclic) bond motifs is 1.